The number of cyclic esters (lactones) is 1. The van der Waals surface area contributed by atoms with Gasteiger partial charge in [-0.1, -0.05) is 0 Å². The number of ether oxygens (including phenoxy) is 1. The van der Waals surface area contributed by atoms with Gasteiger partial charge in [-0.25, -0.2) is 0 Å². The van der Waals surface area contributed by atoms with Crippen LogP contribution in [0.3, 0.4) is 0 Å². The predicted molar refractivity (Wildman–Crippen MR) is 81.3 cm³/mol. The van der Waals surface area contributed by atoms with Gasteiger partial charge in [0.15, 0.2) is 0 Å². The maximum atomic E-state index is 12.2. The molecular weight excluding hydrogens is 315 g/mol. The molecule has 0 N–H and O–H groups in total. The van der Waals surface area contributed by atoms with Crippen molar-refractivity contribution in [3.63, 3.8) is 0 Å². The van der Waals surface area contributed by atoms with E-state index < -0.39 is 0 Å². The summed E-state index contributed by atoms with van der Waals surface area (Å²) in [5, 5.41) is 0. The summed E-state index contributed by atoms with van der Waals surface area (Å²) in [6.45, 7) is 4.30. The predicted octanol–water partition coefficient (Wildman–Crippen LogP) is 3.09. The molecule has 0 radical (unpaired) electrons. The quantitative estimate of drug-likeness (QED) is 0.626. The standard InChI is InChI=1S/C17H22O2Se/c1-16(13-9-5-3-6-10-13)17(2,15(18)19-16)20-14-11-7-4-8-12-14/h4,7-8,11-13H,3,5-6,9-10H2,1-2H3/t16-,17-/m0/s1. The molecule has 0 bridgehead atoms. The Bertz CT molecular complexity index is 495. The zero-order valence-electron chi connectivity index (χ0n) is 12.2. The zero-order chi connectivity index (χ0) is 14.2. The minimum absolute atomic E-state index is 0.00873. The fraction of sp³-hybridized carbons (Fsp3) is 0.588. The van der Waals surface area contributed by atoms with E-state index in [1.54, 1.807) is 0 Å². The van der Waals surface area contributed by atoms with Crippen molar-refractivity contribution in [2.45, 2.75) is 55.9 Å². The van der Waals surface area contributed by atoms with Crippen molar-refractivity contribution in [3.8, 4) is 0 Å². The van der Waals surface area contributed by atoms with E-state index in [2.05, 4.69) is 38.1 Å². The van der Waals surface area contributed by atoms with Crippen molar-refractivity contribution < 1.29 is 9.53 Å². The monoisotopic (exact) mass is 338 g/mol. The number of benzene rings is 1. The molecule has 0 aromatic heterocycles. The molecule has 3 rings (SSSR count). The third-order valence-corrected chi connectivity index (χ3v) is 8.21. The molecule has 0 unspecified atom stereocenters. The summed E-state index contributed by atoms with van der Waals surface area (Å²) >= 11 is 0.135. The number of carbonyl (C=O) groups is 1. The van der Waals surface area contributed by atoms with Gasteiger partial charge in [0.1, 0.15) is 0 Å². The van der Waals surface area contributed by atoms with E-state index in [0.717, 1.165) is 0 Å². The topological polar surface area (TPSA) is 26.3 Å². The van der Waals surface area contributed by atoms with Gasteiger partial charge in [0.05, 0.1) is 0 Å². The Morgan fingerprint density at radius 2 is 1.75 bits per heavy atom. The summed E-state index contributed by atoms with van der Waals surface area (Å²) < 4.78 is 6.72. The van der Waals surface area contributed by atoms with Crippen LogP contribution in [0.1, 0.15) is 46.0 Å². The second-order valence-electron chi connectivity index (χ2n) is 6.28. The van der Waals surface area contributed by atoms with Crippen LogP contribution in [0.4, 0.5) is 0 Å². The fourth-order valence-corrected chi connectivity index (χ4v) is 6.27. The van der Waals surface area contributed by atoms with E-state index in [1.807, 2.05) is 6.07 Å². The Hall–Kier alpha value is -0.791. The van der Waals surface area contributed by atoms with E-state index in [1.165, 1.54) is 36.6 Å². The molecule has 1 saturated carbocycles. The van der Waals surface area contributed by atoms with Crippen LogP contribution >= 0.6 is 0 Å². The number of hydrogen-bond donors (Lipinski definition) is 0. The number of hydrogen-bond acceptors (Lipinski definition) is 2. The van der Waals surface area contributed by atoms with Crippen molar-refractivity contribution in [2.75, 3.05) is 0 Å². The molecule has 0 amide bonds. The van der Waals surface area contributed by atoms with E-state index in [9.17, 15) is 4.79 Å². The van der Waals surface area contributed by atoms with Gasteiger partial charge >= 0.3 is 127 Å². The number of rotatable bonds is 3. The molecule has 1 saturated heterocycles. The normalized spacial score (nSPS) is 34.4. The molecule has 1 aromatic rings. The third kappa shape index (κ3) is 2.12. The molecule has 1 aromatic carbocycles. The molecule has 1 aliphatic heterocycles. The van der Waals surface area contributed by atoms with Gasteiger partial charge in [0.2, 0.25) is 0 Å². The summed E-state index contributed by atoms with van der Waals surface area (Å²) in [5.74, 6) is 0.555. The fourth-order valence-electron chi connectivity index (χ4n) is 3.54. The maximum absolute atomic E-state index is 12.2. The van der Waals surface area contributed by atoms with Gasteiger partial charge in [-0.2, -0.15) is 0 Å². The van der Waals surface area contributed by atoms with E-state index in [0.29, 0.717) is 5.92 Å². The molecule has 2 aliphatic rings. The van der Waals surface area contributed by atoms with Crippen molar-refractivity contribution in [2.24, 2.45) is 5.92 Å². The van der Waals surface area contributed by atoms with Crippen molar-refractivity contribution in [1.29, 1.82) is 0 Å². The first-order chi connectivity index (χ1) is 9.56. The molecular formula is C17H22O2Se. The van der Waals surface area contributed by atoms with Crippen LogP contribution < -0.4 is 4.46 Å². The van der Waals surface area contributed by atoms with E-state index >= 15 is 0 Å². The third-order valence-electron chi connectivity index (χ3n) is 5.09. The molecule has 0 spiro atoms. The Kier molecular flexibility index (Phi) is 3.68. The molecule has 1 aliphatic carbocycles. The average Bonchev–Trinajstić information content (AvgIpc) is 2.49. The van der Waals surface area contributed by atoms with Gasteiger partial charge < -0.3 is 0 Å². The first-order valence-electron chi connectivity index (χ1n) is 7.54. The Labute approximate surface area is 127 Å². The van der Waals surface area contributed by atoms with Gasteiger partial charge in [-0.05, 0) is 0 Å². The van der Waals surface area contributed by atoms with Crippen LogP contribution in [0.15, 0.2) is 30.3 Å². The summed E-state index contributed by atoms with van der Waals surface area (Å²) in [6, 6.07) is 10.4. The Morgan fingerprint density at radius 3 is 2.35 bits per heavy atom. The first kappa shape index (κ1) is 14.2. The van der Waals surface area contributed by atoms with Crippen LogP contribution in [-0.2, 0) is 9.53 Å². The first-order valence-corrected chi connectivity index (χ1v) is 9.25. The molecule has 2 atom stereocenters. The molecule has 3 heteroatoms. The van der Waals surface area contributed by atoms with E-state index in [-0.39, 0.29) is 30.8 Å². The van der Waals surface area contributed by atoms with Crippen LogP contribution in [0.25, 0.3) is 0 Å². The average molecular weight is 337 g/mol. The Balaban J connectivity index is 1.83. The van der Waals surface area contributed by atoms with Gasteiger partial charge in [-0.15, -0.1) is 0 Å². The van der Waals surface area contributed by atoms with Crippen LogP contribution in [0, 0.1) is 5.92 Å². The summed E-state index contributed by atoms with van der Waals surface area (Å²) in [6.07, 6.45) is 6.33. The van der Waals surface area contributed by atoms with Crippen LogP contribution in [0.2, 0.25) is 4.31 Å². The number of esters is 1. The SMILES string of the molecule is C[C@]1([Se]c2ccccc2)C(=O)O[C@@]1(C)C1CCCCC1. The molecule has 2 nitrogen and oxygen atoms in total. The van der Waals surface area contributed by atoms with Crippen LogP contribution in [-0.4, -0.2) is 26.5 Å². The zero-order valence-corrected chi connectivity index (χ0v) is 13.9. The van der Waals surface area contributed by atoms with Gasteiger partial charge in [0.25, 0.3) is 0 Å². The van der Waals surface area contributed by atoms with Crippen molar-refractivity contribution in [3.05, 3.63) is 30.3 Å². The molecule has 108 valence electrons. The van der Waals surface area contributed by atoms with Crippen LogP contribution in [0.5, 0.6) is 0 Å². The second-order valence-corrected chi connectivity index (χ2v) is 9.41. The molecule has 20 heavy (non-hydrogen) atoms. The minimum atomic E-state index is -0.302. The second kappa shape index (κ2) is 5.20. The Morgan fingerprint density at radius 1 is 1.10 bits per heavy atom. The summed E-state index contributed by atoms with van der Waals surface area (Å²) in [5.41, 5.74) is -0.250. The summed E-state index contributed by atoms with van der Waals surface area (Å²) in [4.78, 5) is 12.2. The van der Waals surface area contributed by atoms with E-state index in [4.69, 9.17) is 4.74 Å². The van der Waals surface area contributed by atoms with Gasteiger partial charge in [0, 0.05) is 0 Å². The molecule has 2 fully saturated rings. The summed E-state index contributed by atoms with van der Waals surface area (Å²) in [7, 11) is 0. The van der Waals surface area contributed by atoms with Gasteiger partial charge in [-0.3, -0.25) is 0 Å². The van der Waals surface area contributed by atoms with Crippen molar-refractivity contribution >= 4 is 25.4 Å². The number of carbonyl (C=O) groups excluding carboxylic acids is 1. The molecule has 1 heterocycles. The van der Waals surface area contributed by atoms with Crippen molar-refractivity contribution in [1.82, 2.24) is 0 Å².